The van der Waals surface area contributed by atoms with Crippen molar-refractivity contribution in [3.63, 3.8) is 0 Å². The van der Waals surface area contributed by atoms with Gasteiger partial charge in [0.2, 0.25) is 5.78 Å². The van der Waals surface area contributed by atoms with E-state index in [1.165, 1.54) is 24.3 Å². The minimum Gasteiger partial charge on any atom is -0.454 e. The summed E-state index contributed by atoms with van der Waals surface area (Å²) in [6.45, 7) is -1.96. The Labute approximate surface area is 135 Å². The SMILES string of the molecule is O=C(OCC(=O)c1ccc[nH]1)c1ccc(COCC(F)(F)F)cc1. The summed E-state index contributed by atoms with van der Waals surface area (Å²) in [5.41, 5.74) is 1.01. The molecule has 0 atom stereocenters. The van der Waals surface area contributed by atoms with Gasteiger partial charge in [0.05, 0.1) is 17.9 Å². The number of benzene rings is 1. The van der Waals surface area contributed by atoms with Crippen molar-refractivity contribution in [3.8, 4) is 0 Å². The number of carbonyl (C=O) groups is 2. The summed E-state index contributed by atoms with van der Waals surface area (Å²) in [5.74, 6) is -1.07. The molecule has 2 rings (SSSR count). The van der Waals surface area contributed by atoms with Gasteiger partial charge < -0.3 is 14.5 Å². The molecule has 1 aromatic carbocycles. The fraction of sp³-hybridized carbons (Fsp3) is 0.250. The number of alkyl halides is 3. The molecule has 0 fully saturated rings. The predicted octanol–water partition coefficient (Wildman–Crippen LogP) is 3.13. The molecule has 0 saturated heterocycles. The van der Waals surface area contributed by atoms with Gasteiger partial charge in [-0.15, -0.1) is 0 Å². The Hall–Kier alpha value is -2.61. The lowest BCUT2D eigenvalue weighted by Gasteiger charge is -2.08. The van der Waals surface area contributed by atoms with Gasteiger partial charge in [0.25, 0.3) is 0 Å². The summed E-state index contributed by atoms with van der Waals surface area (Å²) in [5, 5.41) is 0. The quantitative estimate of drug-likeness (QED) is 0.621. The summed E-state index contributed by atoms with van der Waals surface area (Å²) >= 11 is 0. The van der Waals surface area contributed by atoms with Gasteiger partial charge in [-0.2, -0.15) is 13.2 Å². The number of rotatable bonds is 7. The predicted molar refractivity (Wildman–Crippen MR) is 77.6 cm³/mol. The Morgan fingerprint density at radius 2 is 1.79 bits per heavy atom. The summed E-state index contributed by atoms with van der Waals surface area (Å²) in [6, 6.07) is 8.92. The third-order valence-electron chi connectivity index (χ3n) is 2.96. The van der Waals surface area contributed by atoms with Gasteiger partial charge >= 0.3 is 12.1 Å². The topological polar surface area (TPSA) is 68.4 Å². The second-order valence-corrected chi connectivity index (χ2v) is 4.89. The lowest BCUT2D eigenvalue weighted by molar-refractivity contribution is -0.176. The van der Waals surface area contributed by atoms with Crippen LogP contribution in [0.1, 0.15) is 26.4 Å². The van der Waals surface area contributed by atoms with Crippen LogP contribution in [0.3, 0.4) is 0 Å². The zero-order chi connectivity index (χ0) is 17.6. The van der Waals surface area contributed by atoms with E-state index in [1.54, 1.807) is 18.3 Å². The Morgan fingerprint density at radius 1 is 1.08 bits per heavy atom. The maximum absolute atomic E-state index is 12.0. The van der Waals surface area contributed by atoms with E-state index in [1.807, 2.05) is 0 Å². The van der Waals surface area contributed by atoms with Gasteiger partial charge in [0.15, 0.2) is 6.61 Å². The molecule has 0 amide bonds. The van der Waals surface area contributed by atoms with E-state index in [4.69, 9.17) is 4.74 Å². The minimum absolute atomic E-state index is 0.189. The number of aromatic nitrogens is 1. The van der Waals surface area contributed by atoms with Crippen LogP contribution in [0, 0.1) is 0 Å². The van der Waals surface area contributed by atoms with Crippen LogP contribution in [0.5, 0.6) is 0 Å². The molecule has 1 N–H and O–H groups in total. The minimum atomic E-state index is -4.38. The molecule has 0 saturated carbocycles. The highest BCUT2D eigenvalue weighted by Gasteiger charge is 2.27. The second kappa shape index (κ2) is 7.78. The summed E-state index contributed by atoms with van der Waals surface area (Å²) in [6.07, 6.45) is -2.80. The first-order chi connectivity index (χ1) is 11.3. The molecule has 0 unspecified atom stereocenters. The largest absolute Gasteiger partial charge is 0.454 e. The maximum Gasteiger partial charge on any atom is 0.411 e. The number of hydrogen-bond donors (Lipinski definition) is 1. The van der Waals surface area contributed by atoms with E-state index in [0.717, 1.165) is 0 Å². The van der Waals surface area contributed by atoms with Crippen LogP contribution < -0.4 is 0 Å². The monoisotopic (exact) mass is 341 g/mol. The fourth-order valence-corrected chi connectivity index (χ4v) is 1.82. The molecule has 5 nitrogen and oxygen atoms in total. The van der Waals surface area contributed by atoms with Crippen molar-refractivity contribution in [2.24, 2.45) is 0 Å². The number of H-pyrrole nitrogens is 1. The molecule has 0 bridgehead atoms. The van der Waals surface area contributed by atoms with E-state index >= 15 is 0 Å². The molecule has 0 radical (unpaired) electrons. The molecule has 0 aliphatic heterocycles. The third kappa shape index (κ3) is 5.54. The first-order valence-corrected chi connectivity index (χ1v) is 6.92. The van der Waals surface area contributed by atoms with E-state index in [2.05, 4.69) is 9.72 Å². The van der Waals surface area contributed by atoms with E-state index in [-0.39, 0.29) is 18.0 Å². The summed E-state index contributed by atoms with van der Waals surface area (Å²) in [7, 11) is 0. The lowest BCUT2D eigenvalue weighted by Crippen LogP contribution is -2.16. The normalized spacial score (nSPS) is 11.3. The van der Waals surface area contributed by atoms with Crippen LogP contribution in [0.4, 0.5) is 13.2 Å². The molecular weight excluding hydrogens is 327 g/mol. The van der Waals surface area contributed by atoms with Crippen LogP contribution in [0.25, 0.3) is 0 Å². The molecule has 0 aliphatic rings. The fourth-order valence-electron chi connectivity index (χ4n) is 1.82. The van der Waals surface area contributed by atoms with Crippen molar-refractivity contribution >= 4 is 11.8 Å². The summed E-state index contributed by atoms with van der Waals surface area (Å²) < 4.78 is 45.3. The highest BCUT2D eigenvalue weighted by Crippen LogP contribution is 2.16. The first-order valence-electron chi connectivity index (χ1n) is 6.92. The van der Waals surface area contributed by atoms with Crippen LogP contribution >= 0.6 is 0 Å². The lowest BCUT2D eigenvalue weighted by atomic mass is 10.1. The Bertz CT molecular complexity index is 678. The molecule has 128 valence electrons. The Morgan fingerprint density at radius 3 is 2.38 bits per heavy atom. The molecular formula is C16H14F3NO4. The van der Waals surface area contributed by atoms with Gasteiger partial charge in [0, 0.05) is 6.20 Å². The smallest absolute Gasteiger partial charge is 0.411 e. The third-order valence-corrected chi connectivity index (χ3v) is 2.96. The van der Waals surface area contributed by atoms with Crippen molar-refractivity contribution in [1.82, 2.24) is 4.98 Å². The second-order valence-electron chi connectivity index (χ2n) is 4.89. The number of halogens is 3. The molecule has 2 aromatic rings. The van der Waals surface area contributed by atoms with Crippen molar-refractivity contribution in [2.75, 3.05) is 13.2 Å². The van der Waals surface area contributed by atoms with Crippen LogP contribution in [0.15, 0.2) is 42.6 Å². The molecule has 1 aromatic heterocycles. The molecule has 1 heterocycles. The average molecular weight is 341 g/mol. The molecule has 0 aliphatic carbocycles. The van der Waals surface area contributed by atoms with E-state index in [0.29, 0.717) is 11.3 Å². The highest BCUT2D eigenvalue weighted by atomic mass is 19.4. The zero-order valence-corrected chi connectivity index (χ0v) is 12.4. The van der Waals surface area contributed by atoms with E-state index in [9.17, 15) is 22.8 Å². The van der Waals surface area contributed by atoms with Crippen molar-refractivity contribution < 1.29 is 32.2 Å². The number of ketones is 1. The highest BCUT2D eigenvalue weighted by molar-refractivity contribution is 5.98. The van der Waals surface area contributed by atoms with Gasteiger partial charge in [0.1, 0.15) is 6.61 Å². The average Bonchev–Trinajstić information content (AvgIpc) is 3.06. The number of carbonyl (C=O) groups excluding carboxylic acids is 2. The van der Waals surface area contributed by atoms with Crippen molar-refractivity contribution in [2.45, 2.75) is 12.8 Å². The van der Waals surface area contributed by atoms with Gasteiger partial charge in [-0.1, -0.05) is 12.1 Å². The van der Waals surface area contributed by atoms with Crippen LogP contribution in [-0.2, 0) is 16.1 Å². The van der Waals surface area contributed by atoms with Crippen LogP contribution in [0.2, 0.25) is 0 Å². The van der Waals surface area contributed by atoms with Crippen LogP contribution in [-0.4, -0.2) is 36.1 Å². The number of hydrogen-bond acceptors (Lipinski definition) is 4. The van der Waals surface area contributed by atoms with Gasteiger partial charge in [-0.3, -0.25) is 4.79 Å². The Balaban J connectivity index is 1.81. The van der Waals surface area contributed by atoms with Gasteiger partial charge in [-0.05, 0) is 29.8 Å². The number of nitrogens with one attached hydrogen (secondary N) is 1. The molecule has 0 spiro atoms. The number of ether oxygens (including phenoxy) is 2. The standard InChI is InChI=1S/C16H14F3NO4/c17-16(18,19)10-23-8-11-3-5-12(6-4-11)15(22)24-9-14(21)13-2-1-7-20-13/h1-7,20H,8-10H2. The zero-order valence-electron chi connectivity index (χ0n) is 12.4. The molecule has 24 heavy (non-hydrogen) atoms. The number of Topliss-reactive ketones (excluding diaryl/α,β-unsaturated/α-hetero) is 1. The van der Waals surface area contributed by atoms with Crippen molar-refractivity contribution in [1.29, 1.82) is 0 Å². The summed E-state index contributed by atoms with van der Waals surface area (Å²) in [4.78, 5) is 26.2. The molecule has 8 heteroatoms. The van der Waals surface area contributed by atoms with E-state index < -0.39 is 25.4 Å². The first kappa shape index (κ1) is 17.7. The van der Waals surface area contributed by atoms with Crippen molar-refractivity contribution in [3.05, 3.63) is 59.4 Å². The number of aromatic amines is 1. The number of esters is 1. The maximum atomic E-state index is 12.0. The van der Waals surface area contributed by atoms with Gasteiger partial charge in [-0.25, -0.2) is 4.79 Å². The Kier molecular flexibility index (Phi) is 5.75.